The molecule has 0 saturated heterocycles. The van der Waals surface area contributed by atoms with Gasteiger partial charge in [-0.2, -0.15) is 0 Å². The summed E-state index contributed by atoms with van der Waals surface area (Å²) < 4.78 is 11.9. The Bertz CT molecular complexity index is 394. The van der Waals surface area contributed by atoms with Crippen LogP contribution < -0.4 is 8.85 Å². The number of aryl methyl sites for hydroxylation is 1. The van der Waals surface area contributed by atoms with Crippen molar-refractivity contribution in [3.05, 3.63) is 17.8 Å². The first kappa shape index (κ1) is 14.2. The van der Waals surface area contributed by atoms with E-state index in [1.165, 1.54) is 0 Å². The Balaban J connectivity index is 2.95. The first-order valence-corrected chi connectivity index (χ1v) is 12.7. The number of nitrogens with zero attached hydrogens (tertiary/aromatic N) is 1. The molecule has 0 bridgehead atoms. The van der Waals surface area contributed by atoms with Crippen molar-refractivity contribution in [2.24, 2.45) is 0 Å². The number of pyridine rings is 1. The van der Waals surface area contributed by atoms with E-state index < -0.39 is 16.6 Å². The zero-order valence-corrected chi connectivity index (χ0v) is 13.9. The van der Waals surface area contributed by atoms with Crippen molar-refractivity contribution in [3.63, 3.8) is 0 Å². The number of hydrogen-bond donors (Lipinski definition) is 0. The molecule has 1 aromatic rings. The lowest BCUT2D eigenvalue weighted by molar-refractivity contribution is 0.513. The predicted molar refractivity (Wildman–Crippen MR) is 76.9 cm³/mol. The molecule has 0 aromatic carbocycles. The van der Waals surface area contributed by atoms with E-state index in [4.69, 9.17) is 8.85 Å². The molecule has 17 heavy (non-hydrogen) atoms. The van der Waals surface area contributed by atoms with Crippen LogP contribution in [-0.2, 0) is 0 Å². The molecule has 0 N–H and O–H groups in total. The van der Waals surface area contributed by atoms with E-state index in [0.717, 1.165) is 11.3 Å². The fraction of sp³-hybridized carbons (Fsp3) is 0.583. The molecule has 0 spiro atoms. The third-order valence-corrected chi connectivity index (χ3v) is 3.51. The van der Waals surface area contributed by atoms with Gasteiger partial charge >= 0.3 is 0 Å². The van der Waals surface area contributed by atoms with Crippen molar-refractivity contribution < 1.29 is 8.85 Å². The lowest BCUT2D eigenvalue weighted by Gasteiger charge is -2.23. The zero-order chi connectivity index (χ0) is 13.3. The van der Waals surface area contributed by atoms with Gasteiger partial charge in [0.15, 0.2) is 0 Å². The van der Waals surface area contributed by atoms with Gasteiger partial charge in [0.1, 0.15) is 5.75 Å². The summed E-state index contributed by atoms with van der Waals surface area (Å²) in [5.41, 5.74) is 1.07. The fourth-order valence-corrected chi connectivity index (χ4v) is 2.92. The normalized spacial score (nSPS) is 12.4. The van der Waals surface area contributed by atoms with Gasteiger partial charge in [-0.15, -0.1) is 0 Å². The second-order valence-electron chi connectivity index (χ2n) is 6.22. The van der Waals surface area contributed by atoms with Crippen molar-refractivity contribution in [3.8, 4) is 11.6 Å². The van der Waals surface area contributed by atoms with Crippen LogP contribution in [0.1, 0.15) is 5.56 Å². The second kappa shape index (κ2) is 4.82. The summed E-state index contributed by atoms with van der Waals surface area (Å²) in [6, 6.07) is 1.92. The largest absolute Gasteiger partial charge is 0.544 e. The molecule has 1 aromatic heterocycles. The summed E-state index contributed by atoms with van der Waals surface area (Å²) in [6.07, 6.45) is 1.82. The van der Waals surface area contributed by atoms with Gasteiger partial charge in [-0.1, -0.05) is 0 Å². The van der Waals surface area contributed by atoms with Crippen molar-refractivity contribution >= 4 is 16.6 Å². The van der Waals surface area contributed by atoms with Gasteiger partial charge in [-0.3, -0.25) is 0 Å². The fourth-order valence-electron chi connectivity index (χ4n) is 1.30. The highest BCUT2D eigenvalue weighted by atomic mass is 28.4. The quantitative estimate of drug-likeness (QED) is 0.779. The van der Waals surface area contributed by atoms with Crippen molar-refractivity contribution in [2.45, 2.75) is 46.2 Å². The van der Waals surface area contributed by atoms with Crippen LogP contribution in [0.15, 0.2) is 12.3 Å². The van der Waals surface area contributed by atoms with Crippen LogP contribution in [0.4, 0.5) is 0 Å². The third-order valence-electron chi connectivity index (χ3n) is 1.86. The van der Waals surface area contributed by atoms with E-state index in [9.17, 15) is 0 Å². The maximum atomic E-state index is 6.02. The number of rotatable bonds is 4. The molecule has 1 rings (SSSR count). The Morgan fingerprint density at radius 3 is 1.94 bits per heavy atom. The summed E-state index contributed by atoms with van der Waals surface area (Å²) >= 11 is 0. The molecule has 1 heterocycles. The van der Waals surface area contributed by atoms with Crippen LogP contribution in [0.25, 0.3) is 0 Å². The maximum absolute atomic E-state index is 6.02. The Morgan fingerprint density at radius 1 is 0.941 bits per heavy atom. The van der Waals surface area contributed by atoms with Crippen LogP contribution in [0.2, 0.25) is 39.3 Å². The third kappa shape index (κ3) is 5.36. The van der Waals surface area contributed by atoms with Crippen LogP contribution in [0.3, 0.4) is 0 Å². The molecule has 0 saturated carbocycles. The smallest absolute Gasteiger partial charge is 0.244 e. The summed E-state index contributed by atoms with van der Waals surface area (Å²) in [7, 11) is -3.19. The van der Waals surface area contributed by atoms with E-state index in [2.05, 4.69) is 44.3 Å². The molecule has 0 aliphatic rings. The monoisotopic (exact) mass is 269 g/mol. The van der Waals surface area contributed by atoms with E-state index in [-0.39, 0.29) is 0 Å². The van der Waals surface area contributed by atoms with E-state index in [1.54, 1.807) is 0 Å². The van der Waals surface area contributed by atoms with Gasteiger partial charge in [0.25, 0.3) is 0 Å². The maximum Gasteiger partial charge on any atom is 0.244 e. The molecule has 3 nitrogen and oxygen atoms in total. The van der Waals surface area contributed by atoms with Gasteiger partial charge in [0, 0.05) is 17.8 Å². The first-order valence-electron chi connectivity index (χ1n) is 5.91. The SMILES string of the molecule is Cc1cnc(O[Si](C)(C)C)cc1O[Si](C)(C)C. The summed E-state index contributed by atoms with van der Waals surface area (Å²) in [5, 5.41) is 0. The van der Waals surface area contributed by atoms with E-state index >= 15 is 0 Å². The lowest BCUT2D eigenvalue weighted by atomic mass is 10.3. The average molecular weight is 269 g/mol. The van der Waals surface area contributed by atoms with Crippen molar-refractivity contribution in [1.29, 1.82) is 0 Å². The summed E-state index contributed by atoms with van der Waals surface area (Å²) in [4.78, 5) is 4.30. The standard InChI is InChI=1S/C12H23NO2Si2/c1-10-9-13-12(15-17(5,6)7)8-11(10)14-16(2,3)4/h8-9H,1-7H3. The second-order valence-corrected chi connectivity index (χ2v) is 15.1. The Labute approximate surface area is 106 Å². The van der Waals surface area contributed by atoms with Gasteiger partial charge in [0.2, 0.25) is 22.5 Å². The van der Waals surface area contributed by atoms with Crippen LogP contribution in [0.5, 0.6) is 11.6 Å². The van der Waals surface area contributed by atoms with E-state index in [1.807, 2.05) is 19.2 Å². The molecule has 0 radical (unpaired) electrons. The molecular weight excluding hydrogens is 246 g/mol. The van der Waals surface area contributed by atoms with E-state index in [0.29, 0.717) is 5.88 Å². The van der Waals surface area contributed by atoms with Crippen LogP contribution >= 0.6 is 0 Å². The topological polar surface area (TPSA) is 31.4 Å². The van der Waals surface area contributed by atoms with Gasteiger partial charge < -0.3 is 8.85 Å². The highest BCUT2D eigenvalue weighted by Gasteiger charge is 2.20. The highest BCUT2D eigenvalue weighted by molar-refractivity contribution is 6.70. The minimum atomic E-state index is -1.60. The minimum Gasteiger partial charge on any atom is -0.544 e. The van der Waals surface area contributed by atoms with Gasteiger partial charge in [-0.05, 0) is 46.2 Å². The summed E-state index contributed by atoms with van der Waals surface area (Å²) in [5.74, 6) is 1.59. The molecule has 0 amide bonds. The minimum absolute atomic E-state index is 0.683. The molecule has 0 unspecified atom stereocenters. The molecule has 0 aliphatic carbocycles. The predicted octanol–water partition coefficient (Wildman–Crippen LogP) is 3.82. The van der Waals surface area contributed by atoms with Crippen LogP contribution in [-0.4, -0.2) is 21.6 Å². The molecule has 0 aliphatic heterocycles. The lowest BCUT2D eigenvalue weighted by Crippen LogP contribution is -2.31. The Hall–Kier alpha value is -0.816. The molecule has 0 atom stereocenters. The highest BCUT2D eigenvalue weighted by Crippen LogP contribution is 2.25. The number of aromatic nitrogens is 1. The van der Waals surface area contributed by atoms with Crippen molar-refractivity contribution in [2.75, 3.05) is 0 Å². The Kier molecular flexibility index (Phi) is 4.04. The Morgan fingerprint density at radius 2 is 1.47 bits per heavy atom. The molecule has 0 fully saturated rings. The average Bonchev–Trinajstić information content (AvgIpc) is 2.05. The van der Waals surface area contributed by atoms with Crippen LogP contribution in [0, 0.1) is 6.92 Å². The molecule has 5 heteroatoms. The molecule has 96 valence electrons. The van der Waals surface area contributed by atoms with Gasteiger partial charge in [0.05, 0.1) is 0 Å². The number of hydrogen-bond acceptors (Lipinski definition) is 3. The van der Waals surface area contributed by atoms with Gasteiger partial charge in [-0.25, -0.2) is 4.98 Å². The zero-order valence-electron chi connectivity index (χ0n) is 11.9. The first-order chi connectivity index (χ1) is 7.57. The molecular formula is C12H23NO2Si2. The van der Waals surface area contributed by atoms with Crippen molar-refractivity contribution in [1.82, 2.24) is 4.98 Å². The summed E-state index contributed by atoms with van der Waals surface area (Å²) in [6.45, 7) is 15.0.